The monoisotopic (exact) mass is 353 g/mol. The van der Waals surface area contributed by atoms with E-state index in [0.717, 1.165) is 44.3 Å². The second kappa shape index (κ2) is 7.62. The van der Waals surface area contributed by atoms with Crippen LogP contribution in [0.5, 0.6) is 0 Å². The molecule has 0 bridgehead atoms. The summed E-state index contributed by atoms with van der Waals surface area (Å²) in [7, 11) is 0. The average molecular weight is 353 g/mol. The maximum absolute atomic E-state index is 12.9. The van der Waals surface area contributed by atoms with Crippen molar-refractivity contribution >= 4 is 5.91 Å². The summed E-state index contributed by atoms with van der Waals surface area (Å²) in [6.45, 7) is 5.19. The predicted octanol–water partition coefficient (Wildman–Crippen LogP) is 3.52. The van der Waals surface area contributed by atoms with Crippen molar-refractivity contribution in [2.24, 2.45) is 5.92 Å². The Labute approximate surface area is 154 Å². The number of aromatic nitrogens is 2. The van der Waals surface area contributed by atoms with Crippen molar-refractivity contribution in [2.45, 2.75) is 38.5 Å². The molecule has 1 aromatic carbocycles. The summed E-state index contributed by atoms with van der Waals surface area (Å²) in [4.78, 5) is 15.0. The van der Waals surface area contributed by atoms with Crippen LogP contribution in [0.3, 0.4) is 0 Å². The fourth-order valence-corrected chi connectivity index (χ4v) is 4.19. The molecule has 1 N–H and O–H groups in total. The Balaban J connectivity index is 1.51. The van der Waals surface area contributed by atoms with Crippen LogP contribution < -0.4 is 0 Å². The smallest absolute Gasteiger partial charge is 0.225 e. The topological polar surface area (TPSA) is 58.2 Å². The van der Waals surface area contributed by atoms with Gasteiger partial charge in [0.25, 0.3) is 0 Å². The minimum atomic E-state index is 0.140. The fraction of sp³-hybridized carbons (Fsp3) is 0.524. The number of likely N-dealkylation sites (tertiary alicyclic amines) is 1. The van der Waals surface area contributed by atoms with Gasteiger partial charge in [-0.3, -0.25) is 9.89 Å². The molecule has 5 heteroatoms. The highest BCUT2D eigenvalue weighted by molar-refractivity contribution is 5.79. The number of piperidine rings is 1. The first kappa shape index (κ1) is 17.3. The van der Waals surface area contributed by atoms with E-state index in [1.165, 1.54) is 16.8 Å². The number of hydrogen-bond donors (Lipinski definition) is 1. The molecule has 1 amide bonds. The number of carbonyl (C=O) groups excluding carboxylic acids is 1. The molecule has 2 aliphatic rings. The molecule has 2 aliphatic heterocycles. The Morgan fingerprint density at radius 3 is 2.73 bits per heavy atom. The molecule has 5 nitrogen and oxygen atoms in total. The number of H-pyrrole nitrogens is 1. The van der Waals surface area contributed by atoms with Gasteiger partial charge in [0.1, 0.15) is 0 Å². The summed E-state index contributed by atoms with van der Waals surface area (Å²) in [5.41, 5.74) is 4.77. The molecule has 0 aliphatic carbocycles. The van der Waals surface area contributed by atoms with Crippen molar-refractivity contribution in [1.29, 1.82) is 0 Å². The van der Waals surface area contributed by atoms with Crippen molar-refractivity contribution in [1.82, 2.24) is 15.1 Å². The Kier molecular flexibility index (Phi) is 5.07. The Morgan fingerprint density at radius 2 is 1.96 bits per heavy atom. The first-order chi connectivity index (χ1) is 12.7. The van der Waals surface area contributed by atoms with Crippen LogP contribution in [0.25, 0.3) is 11.1 Å². The number of aryl methyl sites for hydroxylation is 1. The lowest BCUT2D eigenvalue weighted by Crippen LogP contribution is -2.43. The SMILES string of the molecule is Cc1ccc(-c2cn[nH]c2[C@H]2CCCN(C(=O)C3CCOCC3)C2)cc1. The van der Waals surface area contributed by atoms with Crippen LogP contribution in [0.15, 0.2) is 30.5 Å². The van der Waals surface area contributed by atoms with Gasteiger partial charge in [0, 0.05) is 49.4 Å². The zero-order chi connectivity index (χ0) is 17.9. The van der Waals surface area contributed by atoms with E-state index in [0.29, 0.717) is 25.0 Å². The van der Waals surface area contributed by atoms with Crippen LogP contribution in [0.1, 0.15) is 42.9 Å². The molecule has 2 fully saturated rings. The molecule has 4 rings (SSSR count). The highest BCUT2D eigenvalue weighted by Gasteiger charge is 2.31. The number of carbonyl (C=O) groups is 1. The van der Waals surface area contributed by atoms with Crippen LogP contribution in [0, 0.1) is 12.8 Å². The first-order valence-electron chi connectivity index (χ1n) is 9.69. The second-order valence-corrected chi connectivity index (χ2v) is 7.57. The molecule has 1 atom stereocenters. The number of hydrogen-bond acceptors (Lipinski definition) is 3. The van der Waals surface area contributed by atoms with E-state index in [9.17, 15) is 4.79 Å². The molecule has 2 aromatic rings. The van der Waals surface area contributed by atoms with E-state index in [2.05, 4.69) is 46.3 Å². The molecule has 1 aromatic heterocycles. The van der Waals surface area contributed by atoms with Crippen molar-refractivity contribution in [2.75, 3.05) is 26.3 Å². The normalized spacial score (nSPS) is 21.7. The van der Waals surface area contributed by atoms with Crippen molar-refractivity contribution in [3.8, 4) is 11.1 Å². The van der Waals surface area contributed by atoms with Gasteiger partial charge >= 0.3 is 0 Å². The van der Waals surface area contributed by atoms with Crippen molar-refractivity contribution < 1.29 is 9.53 Å². The molecule has 0 radical (unpaired) electrons. The van der Waals surface area contributed by atoms with Crippen molar-refractivity contribution in [3.63, 3.8) is 0 Å². The number of benzene rings is 1. The Morgan fingerprint density at radius 1 is 1.19 bits per heavy atom. The highest BCUT2D eigenvalue weighted by atomic mass is 16.5. The number of ether oxygens (including phenoxy) is 1. The zero-order valence-electron chi connectivity index (χ0n) is 15.4. The summed E-state index contributed by atoms with van der Waals surface area (Å²) >= 11 is 0. The minimum Gasteiger partial charge on any atom is -0.381 e. The van der Waals surface area contributed by atoms with Crippen molar-refractivity contribution in [3.05, 3.63) is 41.7 Å². The molecule has 138 valence electrons. The van der Waals surface area contributed by atoms with Gasteiger partial charge in [-0.05, 0) is 38.2 Å². The number of nitrogens with one attached hydrogen (secondary N) is 1. The van der Waals surface area contributed by atoms with Gasteiger partial charge in [0.2, 0.25) is 5.91 Å². The maximum Gasteiger partial charge on any atom is 0.225 e. The molecule has 0 unspecified atom stereocenters. The third-order valence-electron chi connectivity index (χ3n) is 5.74. The van der Waals surface area contributed by atoms with Gasteiger partial charge in [-0.1, -0.05) is 29.8 Å². The van der Waals surface area contributed by atoms with Gasteiger partial charge in [0.15, 0.2) is 0 Å². The van der Waals surface area contributed by atoms with Gasteiger partial charge < -0.3 is 9.64 Å². The first-order valence-corrected chi connectivity index (χ1v) is 9.69. The van der Waals surface area contributed by atoms with Gasteiger partial charge in [-0.25, -0.2) is 0 Å². The second-order valence-electron chi connectivity index (χ2n) is 7.57. The average Bonchev–Trinajstić information content (AvgIpc) is 3.19. The summed E-state index contributed by atoms with van der Waals surface area (Å²) in [6, 6.07) is 8.57. The van der Waals surface area contributed by atoms with E-state index in [4.69, 9.17) is 4.74 Å². The minimum absolute atomic E-state index is 0.140. The molecule has 0 spiro atoms. The standard InChI is InChI=1S/C21H27N3O2/c1-15-4-6-16(7-5-15)19-13-22-23-20(19)18-3-2-10-24(14-18)21(25)17-8-11-26-12-9-17/h4-7,13,17-18H,2-3,8-12,14H2,1H3,(H,22,23)/t18-/m0/s1. The molecule has 26 heavy (non-hydrogen) atoms. The van der Waals surface area contributed by atoms with Gasteiger partial charge in [-0.15, -0.1) is 0 Å². The molecule has 3 heterocycles. The summed E-state index contributed by atoms with van der Waals surface area (Å²) in [5, 5.41) is 7.53. The van der Waals surface area contributed by atoms with E-state index in [1.54, 1.807) is 0 Å². The number of nitrogens with zero attached hydrogens (tertiary/aromatic N) is 2. The number of amides is 1. The van der Waals surface area contributed by atoms with Crippen LogP contribution in [0.4, 0.5) is 0 Å². The zero-order valence-corrected chi connectivity index (χ0v) is 15.4. The molecular weight excluding hydrogens is 326 g/mol. The van der Waals surface area contributed by atoms with Crippen LogP contribution in [-0.4, -0.2) is 47.3 Å². The summed E-state index contributed by atoms with van der Waals surface area (Å²) in [6.07, 6.45) is 5.78. The predicted molar refractivity (Wildman–Crippen MR) is 101 cm³/mol. The van der Waals surface area contributed by atoms with Crippen LogP contribution in [-0.2, 0) is 9.53 Å². The van der Waals surface area contributed by atoms with E-state index < -0.39 is 0 Å². The maximum atomic E-state index is 12.9. The lowest BCUT2D eigenvalue weighted by molar-refractivity contribution is -0.139. The third-order valence-corrected chi connectivity index (χ3v) is 5.74. The largest absolute Gasteiger partial charge is 0.381 e. The van der Waals surface area contributed by atoms with Gasteiger partial charge in [-0.2, -0.15) is 5.10 Å². The lowest BCUT2D eigenvalue weighted by atomic mass is 9.89. The molecule has 0 saturated carbocycles. The Bertz CT molecular complexity index is 747. The summed E-state index contributed by atoms with van der Waals surface area (Å²) in [5.74, 6) is 0.779. The summed E-state index contributed by atoms with van der Waals surface area (Å²) < 4.78 is 5.41. The highest BCUT2D eigenvalue weighted by Crippen LogP contribution is 2.34. The van der Waals surface area contributed by atoms with E-state index in [-0.39, 0.29) is 5.92 Å². The van der Waals surface area contributed by atoms with Crippen LogP contribution in [0.2, 0.25) is 0 Å². The van der Waals surface area contributed by atoms with Gasteiger partial charge in [0.05, 0.1) is 6.20 Å². The number of rotatable bonds is 3. The fourth-order valence-electron chi connectivity index (χ4n) is 4.19. The van der Waals surface area contributed by atoms with E-state index in [1.807, 2.05) is 6.20 Å². The third kappa shape index (κ3) is 3.54. The molecular formula is C21H27N3O2. The number of aromatic amines is 1. The quantitative estimate of drug-likeness (QED) is 0.918. The van der Waals surface area contributed by atoms with E-state index >= 15 is 0 Å². The molecule has 2 saturated heterocycles. The lowest BCUT2D eigenvalue weighted by Gasteiger charge is -2.35. The van der Waals surface area contributed by atoms with Crippen LogP contribution >= 0.6 is 0 Å². The Hall–Kier alpha value is -2.14.